The summed E-state index contributed by atoms with van der Waals surface area (Å²) in [6.45, 7) is -0.612. The monoisotopic (exact) mass is 196 g/mol. The predicted molar refractivity (Wildman–Crippen MR) is 30.1 cm³/mol. The van der Waals surface area contributed by atoms with Gasteiger partial charge in [-0.3, -0.25) is 4.18 Å². The third-order valence-electron chi connectivity index (χ3n) is 0.523. The van der Waals surface area contributed by atoms with Gasteiger partial charge in [-0.15, -0.1) is 0 Å². The molecule has 5 nitrogen and oxygen atoms in total. The third kappa shape index (κ3) is 7.57. The Morgan fingerprint density at radius 1 is 1.60 bits per heavy atom. The summed E-state index contributed by atoms with van der Waals surface area (Å²) >= 11 is 0. The molecule has 0 aliphatic rings. The molecule has 0 aromatic heterocycles. The minimum absolute atomic E-state index is 0. The molecular formula is C3H9KO5S. The number of aliphatic hydroxyl groups excluding tert-OH is 1. The molecule has 7 heteroatoms. The molecule has 0 aliphatic heterocycles. The van der Waals surface area contributed by atoms with Crippen LogP contribution in [-0.2, 0) is 18.8 Å². The Balaban J connectivity index is -0.000000320. The maximum Gasteiger partial charge on any atom is 1.00 e. The second kappa shape index (κ2) is 7.13. The first kappa shape index (κ1) is 14.0. The fraction of sp³-hybridized carbons (Fsp3) is 1.00. The van der Waals surface area contributed by atoms with Crippen LogP contribution in [0, 0.1) is 0 Å². The molecule has 1 N–H and O–H groups in total. The van der Waals surface area contributed by atoms with Crippen LogP contribution in [0.25, 0.3) is 0 Å². The predicted octanol–water partition coefficient (Wildman–Crippen LogP) is -4.00. The summed E-state index contributed by atoms with van der Waals surface area (Å²) in [5.41, 5.74) is 0. The molecule has 0 spiro atoms. The Kier molecular flexibility index (Phi) is 10.00. The first-order valence-electron chi connectivity index (χ1n) is 2.18. The molecule has 0 fully saturated rings. The van der Waals surface area contributed by atoms with Crippen LogP contribution in [0.4, 0.5) is 0 Å². The van der Waals surface area contributed by atoms with Crippen molar-refractivity contribution in [2.45, 2.75) is 0 Å². The largest absolute Gasteiger partial charge is 1.00 e. The Labute approximate surface area is 104 Å². The van der Waals surface area contributed by atoms with Crippen LogP contribution < -0.4 is 51.4 Å². The number of hydrogen-bond donors (Lipinski definition) is 1. The van der Waals surface area contributed by atoms with Crippen molar-refractivity contribution in [1.82, 2.24) is 0 Å². The van der Waals surface area contributed by atoms with Crippen LogP contribution in [0.5, 0.6) is 0 Å². The van der Waals surface area contributed by atoms with E-state index in [0.717, 1.165) is 7.11 Å². The van der Waals surface area contributed by atoms with Gasteiger partial charge in [-0.05, 0) is 0 Å². The molecule has 0 heterocycles. The zero-order valence-electron chi connectivity index (χ0n) is 6.90. The van der Waals surface area contributed by atoms with Gasteiger partial charge >= 0.3 is 61.8 Å². The molecule has 0 aromatic carbocycles. The quantitative estimate of drug-likeness (QED) is 0.464. The van der Waals surface area contributed by atoms with E-state index in [0.29, 0.717) is 0 Å². The van der Waals surface area contributed by atoms with Gasteiger partial charge in [0.25, 0.3) is 0 Å². The van der Waals surface area contributed by atoms with Gasteiger partial charge in [0.05, 0.1) is 20.3 Å². The molecule has 0 unspecified atom stereocenters. The molecule has 0 atom stereocenters. The fourth-order valence-electron chi connectivity index (χ4n) is 0.187. The topological polar surface area (TPSA) is 72.8 Å². The van der Waals surface area contributed by atoms with Crippen LogP contribution in [-0.4, -0.2) is 33.8 Å². The van der Waals surface area contributed by atoms with E-state index in [4.69, 9.17) is 5.11 Å². The first-order chi connectivity index (χ1) is 4.12. The maximum atomic E-state index is 10.2. The van der Waals surface area contributed by atoms with Crippen molar-refractivity contribution >= 4 is 10.4 Å². The van der Waals surface area contributed by atoms with Gasteiger partial charge in [-0.1, -0.05) is 0 Å². The zero-order valence-corrected chi connectivity index (χ0v) is 9.84. The maximum absolute atomic E-state index is 10.2. The molecule has 0 saturated heterocycles. The average Bonchev–Trinajstić information content (AvgIpc) is 1.84. The second-order valence-corrected chi connectivity index (χ2v) is 2.51. The molecule has 0 amide bonds. The Hall–Kier alpha value is 1.47. The molecule has 0 rings (SSSR count). The fourth-order valence-corrected chi connectivity index (χ4v) is 0.562. The van der Waals surface area contributed by atoms with E-state index in [2.05, 4.69) is 8.37 Å². The van der Waals surface area contributed by atoms with Crippen molar-refractivity contribution in [2.24, 2.45) is 0 Å². The summed E-state index contributed by atoms with van der Waals surface area (Å²) in [7, 11) is -2.86. The molecular weight excluding hydrogens is 187 g/mol. The van der Waals surface area contributed by atoms with Crippen molar-refractivity contribution in [2.75, 3.05) is 20.3 Å². The number of rotatable bonds is 4. The van der Waals surface area contributed by atoms with Gasteiger partial charge in [-0.25, -0.2) is 4.18 Å². The van der Waals surface area contributed by atoms with E-state index in [1.165, 1.54) is 0 Å². The molecule has 0 bridgehead atoms. The summed E-state index contributed by atoms with van der Waals surface area (Å²) in [6, 6.07) is 0. The van der Waals surface area contributed by atoms with Gasteiger partial charge in [0.15, 0.2) is 0 Å². The van der Waals surface area contributed by atoms with Crippen LogP contribution in [0.1, 0.15) is 1.43 Å². The summed E-state index contributed by atoms with van der Waals surface area (Å²) < 4.78 is 28.3. The molecule has 10 heavy (non-hydrogen) atoms. The van der Waals surface area contributed by atoms with Gasteiger partial charge in [0.1, 0.15) is 0 Å². The van der Waals surface area contributed by atoms with Crippen molar-refractivity contribution < 1.29 is 74.7 Å². The van der Waals surface area contributed by atoms with E-state index >= 15 is 0 Å². The standard InChI is InChI=1S/C3H8O5S.K.H/c1-7-9(5,6)8-3-2-4;;/h4H,2-3H2,1H3;;/q;+1;-1. The van der Waals surface area contributed by atoms with Crippen molar-refractivity contribution in [3.05, 3.63) is 0 Å². The van der Waals surface area contributed by atoms with Gasteiger partial charge in [-0.2, -0.15) is 8.42 Å². The van der Waals surface area contributed by atoms with E-state index in [-0.39, 0.29) is 66.0 Å². The van der Waals surface area contributed by atoms with E-state index in [1.54, 1.807) is 0 Å². The van der Waals surface area contributed by atoms with Crippen LogP contribution >= 0.6 is 0 Å². The number of hydrogen-bond acceptors (Lipinski definition) is 5. The van der Waals surface area contributed by atoms with Crippen molar-refractivity contribution in [3.63, 3.8) is 0 Å². The minimum atomic E-state index is -3.84. The molecule has 0 aromatic rings. The SMILES string of the molecule is COS(=O)(=O)OCCO.[H-].[K+]. The Bertz CT molecular complexity index is 157. The van der Waals surface area contributed by atoms with E-state index in [9.17, 15) is 8.42 Å². The van der Waals surface area contributed by atoms with Crippen molar-refractivity contribution in [3.8, 4) is 0 Å². The normalized spacial score (nSPS) is 10.6. The number of aliphatic hydroxyl groups is 1. The summed E-state index contributed by atoms with van der Waals surface area (Å²) in [5, 5.41) is 8.08. The first-order valence-corrected chi connectivity index (χ1v) is 3.51. The minimum Gasteiger partial charge on any atom is -1.00 e. The van der Waals surface area contributed by atoms with Gasteiger partial charge in [0, 0.05) is 0 Å². The average molecular weight is 196 g/mol. The van der Waals surface area contributed by atoms with E-state index in [1.807, 2.05) is 0 Å². The van der Waals surface area contributed by atoms with E-state index < -0.39 is 10.4 Å². The molecule has 0 radical (unpaired) electrons. The van der Waals surface area contributed by atoms with Crippen molar-refractivity contribution in [1.29, 1.82) is 0 Å². The summed E-state index contributed by atoms with van der Waals surface area (Å²) in [6.07, 6.45) is 0. The zero-order chi connectivity index (χ0) is 7.33. The smallest absolute Gasteiger partial charge is 1.00 e. The second-order valence-electron chi connectivity index (χ2n) is 1.12. The van der Waals surface area contributed by atoms with Crippen LogP contribution in [0.15, 0.2) is 0 Å². The Morgan fingerprint density at radius 2 is 2.10 bits per heavy atom. The molecule has 58 valence electrons. The summed E-state index contributed by atoms with van der Waals surface area (Å²) in [4.78, 5) is 0. The Morgan fingerprint density at radius 3 is 2.40 bits per heavy atom. The van der Waals surface area contributed by atoms with Crippen LogP contribution in [0.3, 0.4) is 0 Å². The van der Waals surface area contributed by atoms with Gasteiger partial charge < -0.3 is 6.53 Å². The molecule has 0 saturated carbocycles. The van der Waals surface area contributed by atoms with Crippen LogP contribution in [0.2, 0.25) is 0 Å². The van der Waals surface area contributed by atoms with Gasteiger partial charge in [0.2, 0.25) is 0 Å². The third-order valence-corrected chi connectivity index (χ3v) is 1.39. The molecule has 0 aliphatic carbocycles. The summed E-state index contributed by atoms with van der Waals surface area (Å²) in [5.74, 6) is 0.